The van der Waals surface area contributed by atoms with Gasteiger partial charge in [0.25, 0.3) is 0 Å². The fourth-order valence-electron chi connectivity index (χ4n) is 1.08. The molecule has 0 saturated carbocycles. The summed E-state index contributed by atoms with van der Waals surface area (Å²) < 4.78 is 10.2. The summed E-state index contributed by atoms with van der Waals surface area (Å²) in [4.78, 5) is 10.7. The zero-order chi connectivity index (χ0) is 12.0. The molecule has 86 valence electrons. The average Bonchev–Trinajstić information content (AvgIpc) is 2.30. The van der Waals surface area contributed by atoms with Gasteiger partial charge in [0, 0.05) is 0 Å². The van der Waals surface area contributed by atoms with Gasteiger partial charge < -0.3 is 14.6 Å². The SMILES string of the molecule is CC/C(=C\Oc1ccc(OC)cc1)C(=O)O. The molecule has 0 aromatic heterocycles. The van der Waals surface area contributed by atoms with Crippen molar-refractivity contribution in [1.29, 1.82) is 0 Å². The lowest BCUT2D eigenvalue weighted by Gasteiger charge is -2.03. The minimum atomic E-state index is -0.962. The summed E-state index contributed by atoms with van der Waals surface area (Å²) in [5.41, 5.74) is 0.232. The van der Waals surface area contributed by atoms with Crippen LogP contribution in [0.15, 0.2) is 36.1 Å². The largest absolute Gasteiger partial charge is 0.497 e. The van der Waals surface area contributed by atoms with Crippen LogP contribution in [0.2, 0.25) is 0 Å². The van der Waals surface area contributed by atoms with E-state index in [-0.39, 0.29) is 5.57 Å². The van der Waals surface area contributed by atoms with Crippen molar-refractivity contribution in [3.8, 4) is 11.5 Å². The van der Waals surface area contributed by atoms with Crippen LogP contribution in [-0.2, 0) is 4.79 Å². The molecular weight excluding hydrogens is 208 g/mol. The Kier molecular flexibility index (Phi) is 4.39. The molecule has 0 saturated heterocycles. The molecule has 1 aromatic carbocycles. The van der Waals surface area contributed by atoms with Crippen LogP contribution in [0.1, 0.15) is 13.3 Å². The molecular formula is C12H14O4. The van der Waals surface area contributed by atoms with Crippen LogP contribution in [-0.4, -0.2) is 18.2 Å². The van der Waals surface area contributed by atoms with E-state index in [2.05, 4.69) is 0 Å². The van der Waals surface area contributed by atoms with E-state index in [0.717, 1.165) is 5.75 Å². The fourth-order valence-corrected chi connectivity index (χ4v) is 1.08. The summed E-state index contributed by atoms with van der Waals surface area (Å²) in [5.74, 6) is 0.342. The minimum Gasteiger partial charge on any atom is -0.497 e. The number of carbonyl (C=O) groups is 1. The van der Waals surface area contributed by atoms with Crippen molar-refractivity contribution < 1.29 is 19.4 Å². The Morgan fingerprint density at radius 1 is 1.31 bits per heavy atom. The second-order valence-corrected chi connectivity index (χ2v) is 3.10. The molecule has 4 heteroatoms. The van der Waals surface area contributed by atoms with Crippen LogP contribution in [0.3, 0.4) is 0 Å². The van der Waals surface area contributed by atoms with Crippen molar-refractivity contribution in [3.05, 3.63) is 36.1 Å². The van der Waals surface area contributed by atoms with Crippen LogP contribution in [0.5, 0.6) is 11.5 Å². The summed E-state index contributed by atoms with van der Waals surface area (Å²) >= 11 is 0. The number of hydrogen-bond donors (Lipinski definition) is 1. The first-order valence-electron chi connectivity index (χ1n) is 4.90. The molecule has 0 fully saturated rings. The van der Waals surface area contributed by atoms with E-state index in [4.69, 9.17) is 14.6 Å². The number of rotatable bonds is 5. The maximum absolute atomic E-state index is 10.7. The van der Waals surface area contributed by atoms with E-state index >= 15 is 0 Å². The van der Waals surface area contributed by atoms with E-state index in [1.165, 1.54) is 6.26 Å². The predicted molar refractivity (Wildman–Crippen MR) is 59.6 cm³/mol. The molecule has 0 spiro atoms. The monoisotopic (exact) mass is 222 g/mol. The zero-order valence-corrected chi connectivity index (χ0v) is 9.27. The van der Waals surface area contributed by atoms with Gasteiger partial charge >= 0.3 is 5.97 Å². The molecule has 1 N–H and O–H groups in total. The Balaban J connectivity index is 2.69. The van der Waals surface area contributed by atoms with Gasteiger partial charge in [-0.25, -0.2) is 4.79 Å². The Morgan fingerprint density at radius 3 is 2.31 bits per heavy atom. The standard InChI is InChI=1S/C12H14O4/c1-3-9(12(13)14)8-16-11-6-4-10(15-2)5-7-11/h4-8H,3H2,1-2H3,(H,13,14)/b9-8+. The predicted octanol–water partition coefficient (Wildman–Crippen LogP) is 2.45. The highest BCUT2D eigenvalue weighted by Gasteiger charge is 2.04. The number of ether oxygens (including phenoxy) is 2. The van der Waals surface area contributed by atoms with Crippen molar-refractivity contribution >= 4 is 5.97 Å². The van der Waals surface area contributed by atoms with Crippen LogP contribution >= 0.6 is 0 Å². The maximum atomic E-state index is 10.7. The molecule has 1 rings (SSSR count). The smallest absolute Gasteiger partial charge is 0.334 e. The van der Waals surface area contributed by atoms with Crippen molar-refractivity contribution in [3.63, 3.8) is 0 Å². The number of aliphatic carboxylic acids is 1. The molecule has 0 heterocycles. The fraction of sp³-hybridized carbons (Fsp3) is 0.250. The van der Waals surface area contributed by atoms with Gasteiger partial charge in [-0.3, -0.25) is 0 Å². The van der Waals surface area contributed by atoms with Crippen LogP contribution in [0.25, 0.3) is 0 Å². The lowest BCUT2D eigenvalue weighted by molar-refractivity contribution is -0.132. The summed E-state index contributed by atoms with van der Waals surface area (Å²) in [6, 6.07) is 6.92. The molecule has 0 radical (unpaired) electrons. The van der Waals surface area contributed by atoms with Crippen LogP contribution in [0.4, 0.5) is 0 Å². The number of benzene rings is 1. The summed E-state index contributed by atoms with van der Waals surface area (Å²) in [6.07, 6.45) is 1.68. The van der Waals surface area contributed by atoms with Gasteiger partial charge in [-0.05, 0) is 30.7 Å². The highest BCUT2D eigenvalue weighted by molar-refractivity contribution is 5.86. The van der Waals surface area contributed by atoms with Crippen molar-refractivity contribution in [2.75, 3.05) is 7.11 Å². The highest BCUT2D eigenvalue weighted by Crippen LogP contribution is 2.17. The number of carboxylic acid groups (broad SMARTS) is 1. The van der Waals surface area contributed by atoms with Gasteiger partial charge in [-0.1, -0.05) is 6.92 Å². The molecule has 1 aromatic rings. The normalized spacial score (nSPS) is 11.0. The third-order valence-corrected chi connectivity index (χ3v) is 2.05. The quantitative estimate of drug-likeness (QED) is 0.614. The highest BCUT2D eigenvalue weighted by atomic mass is 16.5. The molecule has 0 aliphatic rings. The van der Waals surface area contributed by atoms with Gasteiger partial charge in [-0.15, -0.1) is 0 Å². The Bertz CT molecular complexity index is 379. The first-order chi connectivity index (χ1) is 7.67. The third kappa shape index (κ3) is 3.31. The zero-order valence-electron chi connectivity index (χ0n) is 9.27. The van der Waals surface area contributed by atoms with E-state index in [0.29, 0.717) is 12.2 Å². The first kappa shape index (κ1) is 12.1. The molecule has 0 bridgehead atoms. The van der Waals surface area contributed by atoms with E-state index < -0.39 is 5.97 Å². The molecule has 0 unspecified atom stereocenters. The van der Waals surface area contributed by atoms with Gasteiger partial charge in [-0.2, -0.15) is 0 Å². The average molecular weight is 222 g/mol. The van der Waals surface area contributed by atoms with Crippen LogP contribution < -0.4 is 9.47 Å². The van der Waals surface area contributed by atoms with E-state index in [1.807, 2.05) is 0 Å². The second kappa shape index (κ2) is 5.80. The third-order valence-electron chi connectivity index (χ3n) is 2.05. The maximum Gasteiger partial charge on any atom is 0.334 e. The summed E-state index contributed by atoms with van der Waals surface area (Å²) in [6.45, 7) is 1.76. The first-order valence-corrected chi connectivity index (χ1v) is 4.90. The molecule has 0 aliphatic carbocycles. The second-order valence-electron chi connectivity index (χ2n) is 3.10. The Hall–Kier alpha value is -1.97. The molecule has 16 heavy (non-hydrogen) atoms. The van der Waals surface area contributed by atoms with Gasteiger partial charge in [0.2, 0.25) is 0 Å². The topological polar surface area (TPSA) is 55.8 Å². The van der Waals surface area contributed by atoms with Gasteiger partial charge in [0.15, 0.2) is 0 Å². The molecule has 0 amide bonds. The van der Waals surface area contributed by atoms with Gasteiger partial charge in [0.05, 0.1) is 12.7 Å². The van der Waals surface area contributed by atoms with Crippen molar-refractivity contribution in [2.45, 2.75) is 13.3 Å². The van der Waals surface area contributed by atoms with Crippen molar-refractivity contribution in [2.24, 2.45) is 0 Å². The molecule has 4 nitrogen and oxygen atoms in total. The van der Waals surface area contributed by atoms with Gasteiger partial charge in [0.1, 0.15) is 17.8 Å². The number of methoxy groups -OCH3 is 1. The molecule has 0 aliphatic heterocycles. The number of carboxylic acids is 1. The Morgan fingerprint density at radius 2 is 1.88 bits per heavy atom. The van der Waals surface area contributed by atoms with Crippen molar-refractivity contribution in [1.82, 2.24) is 0 Å². The molecule has 0 atom stereocenters. The Labute approximate surface area is 94.1 Å². The summed E-state index contributed by atoms with van der Waals surface area (Å²) in [7, 11) is 1.58. The summed E-state index contributed by atoms with van der Waals surface area (Å²) in [5, 5.41) is 8.77. The van der Waals surface area contributed by atoms with Crippen LogP contribution in [0, 0.1) is 0 Å². The minimum absolute atomic E-state index is 0.232. The van der Waals surface area contributed by atoms with E-state index in [9.17, 15) is 4.79 Å². The lowest BCUT2D eigenvalue weighted by Crippen LogP contribution is -2.00. The number of hydrogen-bond acceptors (Lipinski definition) is 3. The van der Waals surface area contributed by atoms with E-state index in [1.54, 1.807) is 38.3 Å². The lowest BCUT2D eigenvalue weighted by atomic mass is 10.2.